The summed E-state index contributed by atoms with van der Waals surface area (Å²) in [6.45, 7) is 1.78. The Labute approximate surface area is 99.4 Å². The Morgan fingerprint density at radius 2 is 2.12 bits per heavy atom. The molecule has 0 aliphatic carbocycles. The molecule has 4 heteroatoms. The molecule has 0 radical (unpaired) electrons. The molecular formula is C12H14ClNO2. The second-order valence-electron chi connectivity index (χ2n) is 4.50. The van der Waals surface area contributed by atoms with Gasteiger partial charge in [0, 0.05) is 23.4 Å². The molecule has 1 atom stereocenters. The number of benzene rings is 1. The van der Waals surface area contributed by atoms with Crippen molar-refractivity contribution in [1.82, 2.24) is 5.32 Å². The van der Waals surface area contributed by atoms with Gasteiger partial charge in [0.15, 0.2) is 0 Å². The second-order valence-corrected chi connectivity index (χ2v) is 4.94. The average molecular weight is 240 g/mol. The van der Waals surface area contributed by atoms with E-state index in [2.05, 4.69) is 5.32 Å². The first kappa shape index (κ1) is 10.4. The average Bonchev–Trinajstić information content (AvgIpc) is 2.53. The maximum Gasteiger partial charge on any atom is 0.141 e. The van der Waals surface area contributed by atoms with Crippen molar-refractivity contribution in [1.29, 1.82) is 0 Å². The molecule has 1 saturated heterocycles. The van der Waals surface area contributed by atoms with Crippen molar-refractivity contribution >= 4 is 11.6 Å². The van der Waals surface area contributed by atoms with Gasteiger partial charge in [-0.05, 0) is 25.2 Å². The van der Waals surface area contributed by atoms with Gasteiger partial charge in [-0.3, -0.25) is 0 Å². The third kappa shape index (κ3) is 1.43. The van der Waals surface area contributed by atoms with E-state index in [4.69, 9.17) is 16.3 Å². The molecule has 0 bridgehead atoms. The molecule has 2 aliphatic rings. The molecule has 3 nitrogen and oxygen atoms in total. The van der Waals surface area contributed by atoms with Crippen LogP contribution in [0.4, 0.5) is 0 Å². The summed E-state index contributed by atoms with van der Waals surface area (Å²) < 4.78 is 5.95. The highest BCUT2D eigenvalue weighted by molar-refractivity contribution is 6.30. The van der Waals surface area contributed by atoms with Crippen molar-refractivity contribution in [2.75, 3.05) is 13.1 Å². The Hall–Kier alpha value is -0.770. The zero-order valence-electron chi connectivity index (χ0n) is 8.87. The van der Waals surface area contributed by atoms with Gasteiger partial charge in [0.1, 0.15) is 17.5 Å². The lowest BCUT2D eigenvalue weighted by atomic mass is 9.85. The van der Waals surface area contributed by atoms with Crippen LogP contribution in [0.15, 0.2) is 18.2 Å². The lowest BCUT2D eigenvalue weighted by Crippen LogP contribution is -2.47. The van der Waals surface area contributed by atoms with Gasteiger partial charge in [0.25, 0.3) is 0 Å². The lowest BCUT2D eigenvalue weighted by molar-refractivity contribution is -0.0484. The molecule has 1 unspecified atom stereocenters. The van der Waals surface area contributed by atoms with Crippen LogP contribution in [0.5, 0.6) is 5.75 Å². The molecule has 1 aromatic carbocycles. The van der Waals surface area contributed by atoms with E-state index in [1.807, 2.05) is 6.07 Å². The summed E-state index contributed by atoms with van der Waals surface area (Å²) in [6, 6.07) is 5.45. The van der Waals surface area contributed by atoms with Crippen molar-refractivity contribution in [3.05, 3.63) is 28.8 Å². The molecule has 0 amide bonds. The third-order valence-electron chi connectivity index (χ3n) is 3.53. The quantitative estimate of drug-likeness (QED) is 0.727. The molecule has 86 valence electrons. The summed E-state index contributed by atoms with van der Waals surface area (Å²) in [7, 11) is 0. The summed E-state index contributed by atoms with van der Waals surface area (Å²) in [5, 5.41) is 14.3. The standard InChI is InChI=1S/C12H14ClNO2/c13-8-1-2-9-10(7-8)16-12(11(9)15)3-5-14-6-4-12/h1-2,7,11,14-15H,3-6H2. The summed E-state index contributed by atoms with van der Waals surface area (Å²) in [5.41, 5.74) is 0.435. The number of hydrogen-bond donors (Lipinski definition) is 2. The maximum absolute atomic E-state index is 10.4. The van der Waals surface area contributed by atoms with Crippen LogP contribution < -0.4 is 10.1 Å². The second kappa shape index (κ2) is 3.62. The molecule has 2 heterocycles. The number of hydrogen-bond acceptors (Lipinski definition) is 3. The van der Waals surface area contributed by atoms with E-state index in [1.165, 1.54) is 0 Å². The van der Waals surface area contributed by atoms with Crippen molar-refractivity contribution in [2.45, 2.75) is 24.5 Å². The third-order valence-corrected chi connectivity index (χ3v) is 3.77. The number of rotatable bonds is 0. The zero-order chi connectivity index (χ0) is 11.2. The largest absolute Gasteiger partial charge is 0.484 e. The van der Waals surface area contributed by atoms with E-state index in [1.54, 1.807) is 12.1 Å². The van der Waals surface area contributed by atoms with Crippen LogP contribution in [0, 0.1) is 0 Å². The molecular weight excluding hydrogens is 226 g/mol. The van der Waals surface area contributed by atoms with Gasteiger partial charge in [0.2, 0.25) is 0 Å². The van der Waals surface area contributed by atoms with Crippen LogP contribution in [-0.4, -0.2) is 23.8 Å². The number of fused-ring (bicyclic) bond motifs is 1. The SMILES string of the molecule is OC1c2ccc(Cl)cc2OC12CCNCC2. The Morgan fingerprint density at radius 1 is 1.38 bits per heavy atom. The van der Waals surface area contributed by atoms with Gasteiger partial charge in [-0.25, -0.2) is 0 Å². The van der Waals surface area contributed by atoms with Crippen LogP contribution in [0.25, 0.3) is 0 Å². The van der Waals surface area contributed by atoms with Gasteiger partial charge in [-0.15, -0.1) is 0 Å². The predicted molar refractivity (Wildman–Crippen MR) is 61.9 cm³/mol. The molecule has 0 saturated carbocycles. The van der Waals surface area contributed by atoms with Crippen LogP contribution in [-0.2, 0) is 0 Å². The monoisotopic (exact) mass is 239 g/mol. The molecule has 0 aromatic heterocycles. The fraction of sp³-hybridized carbons (Fsp3) is 0.500. The van der Waals surface area contributed by atoms with Crippen molar-refractivity contribution in [3.63, 3.8) is 0 Å². The zero-order valence-corrected chi connectivity index (χ0v) is 9.63. The van der Waals surface area contributed by atoms with E-state index in [9.17, 15) is 5.11 Å². The molecule has 2 aliphatic heterocycles. The molecule has 2 N–H and O–H groups in total. The summed E-state index contributed by atoms with van der Waals surface area (Å²) in [6.07, 6.45) is 1.14. The van der Waals surface area contributed by atoms with Gasteiger partial charge >= 0.3 is 0 Å². The first-order valence-electron chi connectivity index (χ1n) is 5.59. The number of aliphatic hydroxyl groups excluding tert-OH is 1. The first-order valence-corrected chi connectivity index (χ1v) is 5.96. The van der Waals surface area contributed by atoms with E-state index in [-0.39, 0.29) is 0 Å². The van der Waals surface area contributed by atoms with Crippen LogP contribution in [0.3, 0.4) is 0 Å². The fourth-order valence-corrected chi connectivity index (χ4v) is 2.77. The topological polar surface area (TPSA) is 41.5 Å². The number of ether oxygens (including phenoxy) is 1. The molecule has 1 aromatic rings. The Kier molecular flexibility index (Phi) is 2.35. The van der Waals surface area contributed by atoms with Gasteiger partial charge in [-0.1, -0.05) is 17.7 Å². The highest BCUT2D eigenvalue weighted by atomic mass is 35.5. The lowest BCUT2D eigenvalue weighted by Gasteiger charge is -2.35. The number of nitrogens with one attached hydrogen (secondary N) is 1. The van der Waals surface area contributed by atoms with Crippen LogP contribution in [0.2, 0.25) is 5.02 Å². The highest BCUT2D eigenvalue weighted by Gasteiger charge is 2.48. The van der Waals surface area contributed by atoms with E-state index >= 15 is 0 Å². The fourth-order valence-electron chi connectivity index (χ4n) is 2.61. The Morgan fingerprint density at radius 3 is 2.88 bits per heavy atom. The summed E-state index contributed by atoms with van der Waals surface area (Å²) in [5.74, 6) is 0.738. The molecule has 1 fully saturated rings. The highest BCUT2D eigenvalue weighted by Crippen LogP contribution is 2.48. The van der Waals surface area contributed by atoms with Crippen LogP contribution >= 0.6 is 11.6 Å². The van der Waals surface area contributed by atoms with Crippen molar-refractivity contribution in [2.24, 2.45) is 0 Å². The predicted octanol–water partition coefficient (Wildman–Crippen LogP) is 1.89. The number of aliphatic hydroxyl groups is 1. The minimum atomic E-state index is -0.526. The van der Waals surface area contributed by atoms with E-state index in [0.717, 1.165) is 37.2 Å². The Balaban J connectivity index is 1.98. The van der Waals surface area contributed by atoms with Gasteiger partial charge < -0.3 is 15.2 Å². The normalized spacial score (nSPS) is 26.5. The minimum Gasteiger partial charge on any atom is -0.484 e. The summed E-state index contributed by atoms with van der Waals surface area (Å²) >= 11 is 5.92. The van der Waals surface area contributed by atoms with E-state index < -0.39 is 11.7 Å². The van der Waals surface area contributed by atoms with Gasteiger partial charge in [0.05, 0.1) is 0 Å². The number of halogens is 1. The molecule has 16 heavy (non-hydrogen) atoms. The van der Waals surface area contributed by atoms with Crippen LogP contribution in [0.1, 0.15) is 24.5 Å². The van der Waals surface area contributed by atoms with Gasteiger partial charge in [-0.2, -0.15) is 0 Å². The molecule has 3 rings (SSSR count). The molecule has 1 spiro atoms. The van der Waals surface area contributed by atoms with Crippen molar-refractivity contribution < 1.29 is 9.84 Å². The number of piperidine rings is 1. The smallest absolute Gasteiger partial charge is 0.141 e. The minimum absolute atomic E-state index is 0.432. The van der Waals surface area contributed by atoms with E-state index in [0.29, 0.717) is 5.02 Å². The van der Waals surface area contributed by atoms with Crippen molar-refractivity contribution in [3.8, 4) is 5.75 Å². The summed E-state index contributed by atoms with van der Waals surface area (Å²) in [4.78, 5) is 0. The maximum atomic E-state index is 10.4. The first-order chi connectivity index (χ1) is 7.71. The Bertz CT molecular complexity index is 415.